The number of likely N-dealkylation sites (tertiary alicyclic amines) is 1. The Bertz CT molecular complexity index is 1010. The Morgan fingerprint density at radius 3 is 2.10 bits per heavy atom. The molecule has 0 aromatic rings. The maximum absolute atomic E-state index is 12.7. The molecule has 0 aromatic heterocycles. The highest BCUT2D eigenvalue weighted by Gasteiger charge is 2.39. The van der Waals surface area contributed by atoms with Gasteiger partial charge in [0, 0.05) is 50.7 Å². The number of Topliss-reactive ketones (excluding diaryl/α,β-unsaturated/α-hetero) is 1. The summed E-state index contributed by atoms with van der Waals surface area (Å²) < 4.78 is 0. The molecule has 15 nitrogen and oxygen atoms in total. The van der Waals surface area contributed by atoms with Gasteiger partial charge in [-0.2, -0.15) is 0 Å². The lowest BCUT2D eigenvalue weighted by molar-refractivity contribution is -0.140. The summed E-state index contributed by atoms with van der Waals surface area (Å²) in [6, 6.07) is -1.81. The molecule has 236 valence electrons. The van der Waals surface area contributed by atoms with Crippen LogP contribution in [0.3, 0.4) is 0 Å². The molecule has 1 rings (SSSR count). The minimum absolute atomic E-state index is 0.00431. The summed E-state index contributed by atoms with van der Waals surface area (Å²) >= 11 is 0. The van der Waals surface area contributed by atoms with E-state index in [9.17, 15) is 38.4 Å². The lowest BCUT2D eigenvalue weighted by Crippen LogP contribution is -2.51. The first-order chi connectivity index (χ1) is 19.7. The number of nitrogens with two attached hydrogens (primary N) is 1. The van der Waals surface area contributed by atoms with Gasteiger partial charge in [-0.15, -0.1) is 0 Å². The monoisotopic (exact) mass is 595 g/mol. The maximum Gasteiger partial charge on any atom is 0.312 e. The standard InChI is InChI=1S/C27H45N7O8/c1-16(2)18-13-24(39)34(26(18)41)12-6-8-21(36)31-15-23(38)33-19(7-5-10-30-27(28)42)25(40)32-14-22(37)29-11-9-20(35)17(3)4/h16-19H,5-15H2,1-4H3,(H,29,37)(H,31,36)(H,32,40)(H,33,38)(H3,28,30,42). The largest absolute Gasteiger partial charge is 0.354 e. The molecule has 0 saturated carbocycles. The van der Waals surface area contributed by atoms with E-state index in [1.165, 1.54) is 4.90 Å². The van der Waals surface area contributed by atoms with Gasteiger partial charge in [-0.25, -0.2) is 4.79 Å². The lowest BCUT2D eigenvalue weighted by atomic mass is 9.94. The fraction of sp³-hybridized carbons (Fsp3) is 0.704. The van der Waals surface area contributed by atoms with Crippen molar-refractivity contribution in [3.63, 3.8) is 0 Å². The molecule has 1 aliphatic heterocycles. The summed E-state index contributed by atoms with van der Waals surface area (Å²) in [5.41, 5.74) is 5.03. The van der Waals surface area contributed by atoms with Crippen LogP contribution in [0.4, 0.5) is 4.79 Å². The van der Waals surface area contributed by atoms with E-state index >= 15 is 0 Å². The number of hydrogen-bond donors (Lipinski definition) is 6. The predicted octanol–water partition coefficient (Wildman–Crippen LogP) is -1.31. The van der Waals surface area contributed by atoms with Crippen LogP contribution in [0.5, 0.6) is 0 Å². The number of carbonyl (C=O) groups is 8. The summed E-state index contributed by atoms with van der Waals surface area (Å²) in [7, 11) is 0. The van der Waals surface area contributed by atoms with Crippen LogP contribution in [0.15, 0.2) is 0 Å². The predicted molar refractivity (Wildman–Crippen MR) is 151 cm³/mol. The third-order valence-electron chi connectivity index (χ3n) is 6.70. The molecule has 7 N–H and O–H groups in total. The Morgan fingerprint density at radius 1 is 0.833 bits per heavy atom. The Morgan fingerprint density at radius 2 is 1.50 bits per heavy atom. The first-order valence-corrected chi connectivity index (χ1v) is 14.2. The van der Waals surface area contributed by atoms with Crippen LogP contribution in [0, 0.1) is 17.8 Å². The van der Waals surface area contributed by atoms with Gasteiger partial charge in [0.25, 0.3) is 0 Å². The lowest BCUT2D eigenvalue weighted by Gasteiger charge is -2.19. The second-order valence-corrected chi connectivity index (χ2v) is 10.8. The Kier molecular flexibility index (Phi) is 15.8. The van der Waals surface area contributed by atoms with Crippen LogP contribution in [0.1, 0.15) is 66.2 Å². The molecule has 0 aliphatic carbocycles. The summed E-state index contributed by atoms with van der Waals surface area (Å²) in [6.45, 7) is 6.86. The highest BCUT2D eigenvalue weighted by molar-refractivity contribution is 6.03. The van der Waals surface area contributed by atoms with Gasteiger partial charge in [-0.3, -0.25) is 38.5 Å². The van der Waals surface area contributed by atoms with Gasteiger partial charge >= 0.3 is 6.03 Å². The number of amides is 8. The number of carbonyl (C=O) groups excluding carboxylic acids is 8. The van der Waals surface area contributed by atoms with Crippen LogP contribution in [-0.4, -0.2) is 90.9 Å². The molecule has 8 amide bonds. The highest BCUT2D eigenvalue weighted by atomic mass is 16.2. The number of nitrogens with zero attached hydrogens (tertiary/aromatic N) is 1. The van der Waals surface area contributed by atoms with Gasteiger partial charge < -0.3 is 32.3 Å². The molecular weight excluding hydrogens is 550 g/mol. The Hall–Kier alpha value is -4.04. The quantitative estimate of drug-likeness (QED) is 0.0775. The van der Waals surface area contributed by atoms with Crippen molar-refractivity contribution < 1.29 is 38.4 Å². The van der Waals surface area contributed by atoms with Gasteiger partial charge in [0.15, 0.2) is 0 Å². The van der Waals surface area contributed by atoms with Gasteiger partial charge in [0.1, 0.15) is 11.8 Å². The van der Waals surface area contributed by atoms with Crippen LogP contribution in [0.2, 0.25) is 0 Å². The van der Waals surface area contributed by atoms with Crippen LogP contribution >= 0.6 is 0 Å². The number of rotatable bonds is 19. The maximum atomic E-state index is 12.7. The van der Waals surface area contributed by atoms with E-state index in [-0.39, 0.29) is 100 Å². The minimum atomic E-state index is -1.07. The third-order valence-corrected chi connectivity index (χ3v) is 6.70. The fourth-order valence-corrected chi connectivity index (χ4v) is 4.13. The molecule has 42 heavy (non-hydrogen) atoms. The normalized spacial score (nSPS) is 15.4. The van der Waals surface area contributed by atoms with Crippen molar-refractivity contribution in [2.75, 3.05) is 32.7 Å². The van der Waals surface area contributed by atoms with Crippen molar-refractivity contribution in [3.8, 4) is 0 Å². The Balaban J connectivity index is 2.51. The van der Waals surface area contributed by atoms with Crippen LogP contribution < -0.4 is 32.3 Å². The van der Waals surface area contributed by atoms with E-state index in [1.807, 2.05) is 13.8 Å². The number of primary amides is 1. The topological polar surface area (TPSA) is 226 Å². The summed E-state index contributed by atoms with van der Waals surface area (Å²) in [4.78, 5) is 97.6. The van der Waals surface area contributed by atoms with E-state index in [0.717, 1.165) is 0 Å². The molecular formula is C27H45N7O8. The van der Waals surface area contributed by atoms with Crippen molar-refractivity contribution in [2.45, 2.75) is 72.3 Å². The molecule has 0 bridgehead atoms. The zero-order valence-corrected chi connectivity index (χ0v) is 24.9. The van der Waals surface area contributed by atoms with Crippen molar-refractivity contribution in [1.29, 1.82) is 0 Å². The van der Waals surface area contributed by atoms with Gasteiger partial charge in [0.05, 0.1) is 13.1 Å². The van der Waals surface area contributed by atoms with E-state index in [4.69, 9.17) is 5.73 Å². The zero-order chi connectivity index (χ0) is 31.8. The number of hydrogen-bond acceptors (Lipinski definition) is 8. The SMILES string of the molecule is CC(C)C(=O)CCNC(=O)CNC(=O)C(CCCNC(N)=O)NC(=O)CNC(=O)CCCN1C(=O)CC(C(C)C)C1=O. The van der Waals surface area contributed by atoms with Crippen molar-refractivity contribution in [3.05, 3.63) is 0 Å². The Labute approximate surface area is 245 Å². The van der Waals surface area contributed by atoms with E-state index < -0.39 is 42.2 Å². The number of urea groups is 1. The smallest absolute Gasteiger partial charge is 0.312 e. The highest BCUT2D eigenvalue weighted by Crippen LogP contribution is 2.26. The zero-order valence-electron chi connectivity index (χ0n) is 24.9. The van der Waals surface area contributed by atoms with Crippen molar-refractivity contribution in [1.82, 2.24) is 31.5 Å². The van der Waals surface area contributed by atoms with Gasteiger partial charge in [-0.05, 0) is 25.2 Å². The molecule has 1 heterocycles. The summed E-state index contributed by atoms with van der Waals surface area (Å²) in [5, 5.41) is 12.3. The van der Waals surface area contributed by atoms with E-state index in [2.05, 4.69) is 26.6 Å². The van der Waals surface area contributed by atoms with Gasteiger partial charge in [-0.1, -0.05) is 27.7 Å². The first kappa shape index (κ1) is 36.0. The molecule has 1 saturated heterocycles. The van der Waals surface area contributed by atoms with E-state index in [0.29, 0.717) is 0 Å². The molecule has 2 unspecified atom stereocenters. The molecule has 2 atom stereocenters. The van der Waals surface area contributed by atoms with E-state index in [1.54, 1.807) is 13.8 Å². The van der Waals surface area contributed by atoms with Crippen molar-refractivity contribution in [2.24, 2.45) is 23.5 Å². The second-order valence-electron chi connectivity index (χ2n) is 10.8. The summed E-state index contributed by atoms with van der Waals surface area (Å²) in [6.07, 6.45) is 0.939. The number of nitrogens with one attached hydrogen (secondary N) is 5. The second kappa shape index (κ2) is 18.4. The molecule has 0 aromatic carbocycles. The molecule has 0 radical (unpaired) electrons. The number of imide groups is 1. The summed E-state index contributed by atoms with van der Waals surface area (Å²) in [5.74, 6) is -3.23. The van der Waals surface area contributed by atoms with Crippen LogP contribution in [-0.2, 0) is 33.6 Å². The molecule has 1 fully saturated rings. The van der Waals surface area contributed by atoms with Gasteiger partial charge in [0.2, 0.25) is 35.4 Å². The molecule has 0 spiro atoms. The van der Waals surface area contributed by atoms with Crippen molar-refractivity contribution >= 4 is 47.3 Å². The average molecular weight is 596 g/mol. The molecule has 15 heteroatoms. The fourth-order valence-electron chi connectivity index (χ4n) is 4.13. The number of ketones is 1. The molecule has 1 aliphatic rings. The first-order valence-electron chi connectivity index (χ1n) is 14.2. The minimum Gasteiger partial charge on any atom is -0.354 e. The third kappa shape index (κ3) is 13.5. The van der Waals surface area contributed by atoms with Crippen LogP contribution in [0.25, 0.3) is 0 Å². The average Bonchev–Trinajstić information content (AvgIpc) is 3.20.